The summed E-state index contributed by atoms with van der Waals surface area (Å²) in [7, 11) is 0. The highest BCUT2D eigenvalue weighted by Gasteiger charge is 2.38. The Bertz CT molecular complexity index is 520. The number of benzene rings is 1. The molecule has 19 heavy (non-hydrogen) atoms. The largest absolute Gasteiger partial charge is 0.573 e. The number of azide groups is 1. The highest BCUT2D eigenvalue weighted by Crippen LogP contribution is 2.26. The highest BCUT2D eigenvalue weighted by atomic mass is 19.4. The van der Waals surface area contributed by atoms with E-state index >= 15 is 0 Å². The Balaban J connectivity index is 2.94. The summed E-state index contributed by atoms with van der Waals surface area (Å²) in [5.41, 5.74) is 7.23. The number of nitrogens with zero attached hydrogens (tertiary/aromatic N) is 3. The van der Waals surface area contributed by atoms with Gasteiger partial charge >= 0.3 is 12.4 Å². The standard InChI is InChI=1S/C9H4F5N3O2/c10-8(11,16-17-15)7(18)5-1-3-6(4-2-5)19-9(12,13)14/h1-4H. The number of ether oxygens (including phenoxy) is 1. The lowest BCUT2D eigenvalue weighted by atomic mass is 10.1. The van der Waals surface area contributed by atoms with Gasteiger partial charge in [0.2, 0.25) is 5.78 Å². The van der Waals surface area contributed by atoms with Gasteiger partial charge in [0.15, 0.2) is 0 Å². The van der Waals surface area contributed by atoms with Crippen LogP contribution in [0.5, 0.6) is 5.75 Å². The van der Waals surface area contributed by atoms with Crippen LogP contribution in [0.3, 0.4) is 0 Å². The zero-order chi connectivity index (χ0) is 14.7. The smallest absolute Gasteiger partial charge is 0.406 e. The number of Topliss-reactive ketones (excluding diaryl/α,β-unsaturated/α-hetero) is 1. The molecular formula is C9H4F5N3O2. The molecule has 0 spiro atoms. The van der Waals surface area contributed by atoms with Gasteiger partial charge in [0, 0.05) is 10.5 Å². The predicted octanol–water partition coefficient (Wildman–Crippen LogP) is 3.67. The van der Waals surface area contributed by atoms with E-state index in [4.69, 9.17) is 5.53 Å². The van der Waals surface area contributed by atoms with Gasteiger partial charge in [-0.3, -0.25) is 4.79 Å². The Morgan fingerprint density at radius 2 is 1.68 bits per heavy atom. The molecule has 102 valence electrons. The lowest BCUT2D eigenvalue weighted by Gasteiger charge is -2.10. The number of hydrogen-bond donors (Lipinski definition) is 0. The quantitative estimate of drug-likeness (QED) is 0.211. The van der Waals surface area contributed by atoms with Crippen molar-refractivity contribution in [3.05, 3.63) is 40.3 Å². The Hall–Kier alpha value is -2.35. The van der Waals surface area contributed by atoms with Gasteiger partial charge in [-0.2, -0.15) is 8.78 Å². The van der Waals surface area contributed by atoms with Crippen molar-refractivity contribution in [2.24, 2.45) is 5.11 Å². The molecule has 0 fully saturated rings. The first kappa shape index (κ1) is 14.7. The average molecular weight is 281 g/mol. The SMILES string of the molecule is [N-]=[N+]=NC(F)(F)C(=O)c1ccc(OC(F)(F)F)cc1. The number of carbonyl (C=O) groups is 1. The first-order valence-electron chi connectivity index (χ1n) is 4.50. The summed E-state index contributed by atoms with van der Waals surface area (Å²) in [5.74, 6) is -2.50. The van der Waals surface area contributed by atoms with Gasteiger partial charge in [0.05, 0.1) is 0 Å². The number of alkyl halides is 5. The van der Waals surface area contributed by atoms with Crippen LogP contribution in [0.25, 0.3) is 10.4 Å². The van der Waals surface area contributed by atoms with E-state index < -0.39 is 29.5 Å². The minimum Gasteiger partial charge on any atom is -0.406 e. The molecule has 0 saturated carbocycles. The van der Waals surface area contributed by atoms with Crippen LogP contribution in [0.4, 0.5) is 22.0 Å². The van der Waals surface area contributed by atoms with E-state index in [-0.39, 0.29) is 0 Å². The second-order valence-electron chi connectivity index (χ2n) is 3.13. The van der Waals surface area contributed by atoms with Gasteiger partial charge in [-0.25, -0.2) is 0 Å². The van der Waals surface area contributed by atoms with Crippen molar-refractivity contribution in [3.8, 4) is 5.75 Å². The number of carbonyl (C=O) groups excluding carboxylic acids is 1. The maximum absolute atomic E-state index is 12.9. The van der Waals surface area contributed by atoms with E-state index in [9.17, 15) is 26.7 Å². The van der Waals surface area contributed by atoms with E-state index in [1.54, 1.807) is 4.91 Å². The Morgan fingerprint density at radius 3 is 2.11 bits per heavy atom. The molecule has 0 heterocycles. The lowest BCUT2D eigenvalue weighted by Crippen LogP contribution is -2.25. The molecule has 0 amide bonds. The second kappa shape index (κ2) is 5.11. The van der Waals surface area contributed by atoms with Gasteiger partial charge in [-0.1, -0.05) is 0 Å². The molecule has 0 aliphatic rings. The number of halogens is 5. The first-order valence-corrected chi connectivity index (χ1v) is 4.50. The highest BCUT2D eigenvalue weighted by molar-refractivity contribution is 6.01. The number of hydrogen-bond acceptors (Lipinski definition) is 3. The molecule has 10 heteroatoms. The third kappa shape index (κ3) is 4.11. The molecule has 0 aliphatic heterocycles. The Labute approximate surface area is 102 Å². The van der Waals surface area contributed by atoms with Crippen LogP contribution in [0.1, 0.15) is 10.4 Å². The van der Waals surface area contributed by atoms with Crippen LogP contribution < -0.4 is 4.74 Å². The van der Waals surface area contributed by atoms with Crippen LogP contribution in [-0.4, -0.2) is 18.2 Å². The minimum atomic E-state index is -4.93. The Morgan fingerprint density at radius 1 is 1.16 bits per heavy atom. The average Bonchev–Trinajstić information content (AvgIpc) is 2.27. The first-order chi connectivity index (χ1) is 8.65. The fraction of sp³-hybridized carbons (Fsp3) is 0.222. The van der Waals surface area contributed by atoms with Gasteiger partial charge < -0.3 is 4.74 Å². The van der Waals surface area contributed by atoms with E-state index in [1.165, 1.54) is 0 Å². The predicted molar refractivity (Wildman–Crippen MR) is 51.5 cm³/mol. The van der Waals surface area contributed by atoms with E-state index in [0.29, 0.717) is 24.3 Å². The molecule has 0 aliphatic carbocycles. The van der Waals surface area contributed by atoms with Crippen LogP contribution in [0.2, 0.25) is 0 Å². The van der Waals surface area contributed by atoms with E-state index in [0.717, 1.165) is 0 Å². The van der Waals surface area contributed by atoms with Crippen molar-refractivity contribution in [2.45, 2.75) is 12.4 Å². The molecule has 0 N–H and O–H groups in total. The summed E-state index contributed by atoms with van der Waals surface area (Å²) in [5, 5.41) is 2.00. The van der Waals surface area contributed by atoms with Crippen molar-refractivity contribution in [1.29, 1.82) is 0 Å². The molecule has 0 saturated heterocycles. The topological polar surface area (TPSA) is 75.1 Å². The van der Waals surface area contributed by atoms with Crippen molar-refractivity contribution < 1.29 is 31.5 Å². The monoisotopic (exact) mass is 281 g/mol. The summed E-state index contributed by atoms with van der Waals surface area (Å²) in [6.07, 6.45) is -4.93. The maximum atomic E-state index is 12.9. The molecule has 0 radical (unpaired) electrons. The van der Waals surface area contributed by atoms with Crippen LogP contribution in [0, 0.1) is 0 Å². The zero-order valence-corrected chi connectivity index (χ0v) is 8.86. The lowest BCUT2D eigenvalue weighted by molar-refractivity contribution is -0.274. The molecule has 0 aromatic heterocycles. The third-order valence-electron chi connectivity index (χ3n) is 1.79. The second-order valence-corrected chi connectivity index (χ2v) is 3.13. The third-order valence-corrected chi connectivity index (χ3v) is 1.79. The summed E-state index contributed by atoms with van der Waals surface area (Å²) >= 11 is 0. The molecule has 0 unspecified atom stereocenters. The van der Waals surface area contributed by atoms with Gasteiger partial charge in [0.1, 0.15) is 5.75 Å². The van der Waals surface area contributed by atoms with Gasteiger partial charge in [-0.05, 0) is 34.9 Å². The Kier molecular flexibility index (Phi) is 3.95. The fourth-order valence-electron chi connectivity index (χ4n) is 1.08. The van der Waals surface area contributed by atoms with Gasteiger partial charge in [0.25, 0.3) is 0 Å². The minimum absolute atomic E-state index is 0.619. The van der Waals surface area contributed by atoms with E-state index in [1.807, 2.05) is 5.11 Å². The fourth-order valence-corrected chi connectivity index (χ4v) is 1.08. The summed E-state index contributed by atoms with van der Waals surface area (Å²) in [6.45, 7) is 0. The van der Waals surface area contributed by atoms with Crippen LogP contribution in [0.15, 0.2) is 29.4 Å². The van der Waals surface area contributed by atoms with Crippen molar-refractivity contribution >= 4 is 5.78 Å². The molecule has 1 aromatic carbocycles. The van der Waals surface area contributed by atoms with E-state index in [2.05, 4.69) is 4.74 Å². The normalized spacial score (nSPS) is 11.6. The molecule has 0 atom stereocenters. The molecule has 0 bridgehead atoms. The molecule has 5 nitrogen and oxygen atoms in total. The number of rotatable bonds is 4. The molecule has 1 rings (SSSR count). The van der Waals surface area contributed by atoms with Crippen LogP contribution in [-0.2, 0) is 0 Å². The summed E-state index contributed by atoms with van der Waals surface area (Å²) in [6, 6.07) is -1.53. The van der Waals surface area contributed by atoms with Crippen molar-refractivity contribution in [3.63, 3.8) is 0 Å². The van der Waals surface area contributed by atoms with Gasteiger partial charge in [-0.15, -0.1) is 13.2 Å². The molecular weight excluding hydrogens is 277 g/mol. The summed E-state index contributed by atoms with van der Waals surface area (Å²) in [4.78, 5) is 13.0. The number of ketones is 1. The zero-order valence-electron chi connectivity index (χ0n) is 8.86. The maximum Gasteiger partial charge on any atom is 0.573 e. The summed E-state index contributed by atoms with van der Waals surface area (Å²) < 4.78 is 64.8. The van der Waals surface area contributed by atoms with Crippen LogP contribution >= 0.6 is 0 Å². The van der Waals surface area contributed by atoms with Crippen molar-refractivity contribution in [2.75, 3.05) is 0 Å². The molecule has 1 aromatic rings. The van der Waals surface area contributed by atoms with Crippen molar-refractivity contribution in [1.82, 2.24) is 0 Å².